The third kappa shape index (κ3) is 5.23. The Labute approximate surface area is 259 Å². The highest BCUT2D eigenvalue weighted by Crippen LogP contribution is 2.36. The van der Waals surface area contributed by atoms with Crippen LogP contribution in [-0.4, -0.2) is 69.8 Å². The molecule has 5 heterocycles. The van der Waals surface area contributed by atoms with Gasteiger partial charge in [0.15, 0.2) is 0 Å². The van der Waals surface area contributed by atoms with Crippen molar-refractivity contribution in [2.24, 2.45) is 7.05 Å². The standard InChI is InChI=1S/C34H34FN7O3/c1-38-9-11-40(12-10-38)25-7-8-32(36-19-25)37-28-15-23(20-39(2)33(28)44)26-17-24(35)18-30(27(26)21-43)42-14-13-41-29-6-4-3-5-22(29)16-31(41)34(42)45/h3-8,15-20,43H,9-14,21H2,1-2H3,(H,36,37). The Kier molecular flexibility index (Phi) is 7.34. The Bertz CT molecular complexity index is 1980. The van der Waals surface area contributed by atoms with Gasteiger partial charge >= 0.3 is 0 Å². The number of benzene rings is 2. The number of nitrogens with zero attached hydrogens (tertiary/aromatic N) is 6. The van der Waals surface area contributed by atoms with Gasteiger partial charge in [0, 0.05) is 74.5 Å². The number of aliphatic hydroxyl groups excluding tert-OH is 1. The first-order valence-electron chi connectivity index (χ1n) is 15.0. The second-order valence-electron chi connectivity index (χ2n) is 11.7. The smallest absolute Gasteiger partial charge is 0.275 e. The predicted octanol–water partition coefficient (Wildman–Crippen LogP) is 4.19. The number of carbonyl (C=O) groups excluding carboxylic acids is 1. The lowest BCUT2D eigenvalue weighted by atomic mass is 9.98. The molecule has 1 fully saturated rings. The normalized spacial score (nSPS) is 15.5. The minimum absolute atomic E-state index is 0.253. The van der Waals surface area contributed by atoms with Crippen molar-refractivity contribution < 1.29 is 14.3 Å². The number of aliphatic hydroxyl groups is 1. The molecule has 2 aromatic carbocycles. The summed E-state index contributed by atoms with van der Waals surface area (Å²) in [5.74, 6) is -0.322. The van der Waals surface area contributed by atoms with E-state index in [0.717, 1.165) is 42.8 Å². The quantitative estimate of drug-likeness (QED) is 0.299. The van der Waals surface area contributed by atoms with Crippen LogP contribution in [0.4, 0.5) is 27.3 Å². The maximum Gasteiger partial charge on any atom is 0.275 e. The lowest BCUT2D eigenvalue weighted by Gasteiger charge is -2.33. The molecule has 5 aromatic rings. The van der Waals surface area contributed by atoms with E-state index in [-0.39, 0.29) is 17.2 Å². The van der Waals surface area contributed by atoms with E-state index in [1.807, 2.05) is 47.0 Å². The van der Waals surface area contributed by atoms with Crippen molar-refractivity contribution in [3.63, 3.8) is 0 Å². The van der Waals surface area contributed by atoms with Crippen LogP contribution in [0, 0.1) is 5.82 Å². The predicted molar refractivity (Wildman–Crippen MR) is 174 cm³/mol. The minimum Gasteiger partial charge on any atom is -0.392 e. The second-order valence-corrected chi connectivity index (χ2v) is 11.7. The minimum atomic E-state index is -0.555. The highest BCUT2D eigenvalue weighted by molar-refractivity contribution is 6.09. The number of nitrogens with one attached hydrogen (secondary N) is 1. The van der Waals surface area contributed by atoms with E-state index in [1.54, 1.807) is 25.5 Å². The van der Waals surface area contributed by atoms with Gasteiger partial charge in [-0.1, -0.05) is 18.2 Å². The molecule has 1 saturated heterocycles. The number of pyridine rings is 2. The first-order chi connectivity index (χ1) is 21.8. The van der Waals surface area contributed by atoms with Crippen molar-refractivity contribution in [1.82, 2.24) is 19.0 Å². The highest BCUT2D eigenvalue weighted by atomic mass is 19.1. The Balaban J connectivity index is 1.22. The molecule has 1 amide bonds. The van der Waals surface area contributed by atoms with Crippen LogP contribution in [0.25, 0.3) is 22.0 Å². The number of likely N-dealkylation sites (N-methyl/N-ethyl adjacent to an activating group) is 1. The number of aromatic nitrogens is 3. The Morgan fingerprint density at radius 1 is 0.933 bits per heavy atom. The third-order valence-electron chi connectivity index (χ3n) is 8.84. The van der Waals surface area contributed by atoms with Gasteiger partial charge in [0.1, 0.15) is 23.0 Å². The second kappa shape index (κ2) is 11.5. The van der Waals surface area contributed by atoms with Gasteiger partial charge in [-0.3, -0.25) is 9.59 Å². The largest absolute Gasteiger partial charge is 0.392 e. The number of aryl methyl sites for hydroxylation is 1. The SMILES string of the molecule is CN1CCN(c2ccc(Nc3cc(-c4cc(F)cc(N5CCn6c(cc7ccccc76)C5=O)c4CO)cn(C)c3=O)nc2)CC1. The Morgan fingerprint density at radius 2 is 1.73 bits per heavy atom. The number of para-hydroxylation sites is 1. The first kappa shape index (κ1) is 28.8. The number of amides is 1. The van der Waals surface area contributed by atoms with E-state index >= 15 is 4.39 Å². The van der Waals surface area contributed by atoms with Gasteiger partial charge in [0.25, 0.3) is 11.5 Å². The summed E-state index contributed by atoms with van der Waals surface area (Å²) < 4.78 is 18.7. The number of rotatable bonds is 6. The molecule has 3 aromatic heterocycles. The van der Waals surface area contributed by atoms with E-state index in [2.05, 4.69) is 27.1 Å². The van der Waals surface area contributed by atoms with Crippen molar-refractivity contribution in [1.29, 1.82) is 0 Å². The van der Waals surface area contributed by atoms with Crippen molar-refractivity contribution >= 4 is 39.7 Å². The van der Waals surface area contributed by atoms with Crippen LogP contribution in [0.3, 0.4) is 0 Å². The van der Waals surface area contributed by atoms with Crippen molar-refractivity contribution in [3.8, 4) is 11.1 Å². The molecule has 0 unspecified atom stereocenters. The van der Waals surface area contributed by atoms with E-state index in [0.29, 0.717) is 47.0 Å². The van der Waals surface area contributed by atoms with Gasteiger partial charge in [-0.05, 0) is 55.1 Å². The molecule has 230 valence electrons. The summed E-state index contributed by atoms with van der Waals surface area (Å²) in [5, 5.41) is 14.7. The molecule has 11 heteroatoms. The fraction of sp³-hybridized carbons (Fsp3) is 0.265. The van der Waals surface area contributed by atoms with E-state index in [4.69, 9.17) is 0 Å². The molecule has 0 bridgehead atoms. The number of carbonyl (C=O) groups is 1. The summed E-state index contributed by atoms with van der Waals surface area (Å²) in [6.45, 7) is 4.22. The fourth-order valence-corrected chi connectivity index (χ4v) is 6.38. The van der Waals surface area contributed by atoms with Gasteiger partial charge in [0.05, 0.1) is 24.2 Å². The number of hydrogen-bond acceptors (Lipinski definition) is 7. The van der Waals surface area contributed by atoms with Gasteiger partial charge < -0.3 is 34.3 Å². The van der Waals surface area contributed by atoms with E-state index in [9.17, 15) is 14.7 Å². The molecular weight excluding hydrogens is 573 g/mol. The molecule has 2 aliphatic heterocycles. The molecule has 0 saturated carbocycles. The van der Waals surface area contributed by atoms with Crippen LogP contribution < -0.4 is 20.7 Å². The van der Waals surface area contributed by atoms with Gasteiger partial charge in [0.2, 0.25) is 0 Å². The van der Waals surface area contributed by atoms with Crippen LogP contribution in [0.5, 0.6) is 0 Å². The zero-order valence-electron chi connectivity index (χ0n) is 25.2. The summed E-state index contributed by atoms with van der Waals surface area (Å²) in [4.78, 5) is 37.5. The van der Waals surface area contributed by atoms with E-state index < -0.39 is 12.4 Å². The lowest BCUT2D eigenvalue weighted by molar-refractivity contribution is 0.0966. The maximum atomic E-state index is 15.3. The topological polar surface area (TPSA) is 98.9 Å². The first-order valence-corrected chi connectivity index (χ1v) is 15.0. The zero-order valence-corrected chi connectivity index (χ0v) is 25.2. The molecule has 10 nitrogen and oxygen atoms in total. The average Bonchev–Trinajstić information content (AvgIpc) is 3.43. The summed E-state index contributed by atoms with van der Waals surface area (Å²) in [5.41, 5.74) is 4.07. The monoisotopic (exact) mass is 607 g/mol. The Hall–Kier alpha value is -5.00. The van der Waals surface area contributed by atoms with Crippen LogP contribution in [-0.2, 0) is 20.2 Å². The Morgan fingerprint density at radius 3 is 2.49 bits per heavy atom. The highest BCUT2D eigenvalue weighted by Gasteiger charge is 2.30. The molecule has 2 aliphatic rings. The van der Waals surface area contributed by atoms with Gasteiger partial charge in [-0.25, -0.2) is 9.37 Å². The number of halogens is 1. The molecule has 0 spiro atoms. The van der Waals surface area contributed by atoms with Crippen molar-refractivity contribution in [3.05, 3.63) is 100 Å². The van der Waals surface area contributed by atoms with Gasteiger partial charge in [-0.2, -0.15) is 0 Å². The van der Waals surface area contributed by atoms with Gasteiger partial charge in [-0.15, -0.1) is 0 Å². The summed E-state index contributed by atoms with van der Waals surface area (Å²) in [6.07, 6.45) is 3.39. The molecular formula is C34H34FN7O3. The summed E-state index contributed by atoms with van der Waals surface area (Å²) in [6, 6.07) is 17.7. The summed E-state index contributed by atoms with van der Waals surface area (Å²) >= 11 is 0. The van der Waals surface area contributed by atoms with Crippen LogP contribution in [0.1, 0.15) is 16.1 Å². The van der Waals surface area contributed by atoms with Crippen LogP contribution in [0.2, 0.25) is 0 Å². The molecule has 0 radical (unpaired) electrons. The van der Waals surface area contributed by atoms with Crippen molar-refractivity contribution in [2.75, 3.05) is 54.9 Å². The molecule has 7 rings (SSSR count). The van der Waals surface area contributed by atoms with E-state index in [1.165, 1.54) is 21.6 Å². The third-order valence-corrected chi connectivity index (χ3v) is 8.84. The number of hydrogen-bond donors (Lipinski definition) is 2. The molecule has 0 aliphatic carbocycles. The molecule has 0 atom stereocenters. The zero-order chi connectivity index (χ0) is 31.2. The summed E-state index contributed by atoms with van der Waals surface area (Å²) in [7, 11) is 3.73. The maximum absolute atomic E-state index is 15.3. The average molecular weight is 608 g/mol. The lowest BCUT2D eigenvalue weighted by Crippen LogP contribution is -2.44. The van der Waals surface area contributed by atoms with Crippen molar-refractivity contribution in [2.45, 2.75) is 13.2 Å². The fourth-order valence-electron chi connectivity index (χ4n) is 6.38. The number of anilines is 4. The molecule has 2 N–H and O–H groups in total. The number of fused-ring (bicyclic) bond motifs is 3. The van der Waals surface area contributed by atoms with Crippen LogP contribution >= 0.6 is 0 Å². The van der Waals surface area contributed by atoms with Crippen LogP contribution in [0.15, 0.2) is 77.9 Å². The number of piperazine rings is 1. The molecule has 45 heavy (non-hydrogen) atoms.